The fourth-order valence-electron chi connectivity index (χ4n) is 3.44. The Kier molecular flexibility index (Phi) is 5.32. The number of hydrogen-bond donors (Lipinski definition) is 1. The average Bonchev–Trinajstić information content (AvgIpc) is 2.61. The Hall–Kier alpha value is -1.02. The van der Waals surface area contributed by atoms with Gasteiger partial charge in [0.25, 0.3) is 0 Å². The van der Waals surface area contributed by atoms with E-state index in [0.717, 1.165) is 42.9 Å². The van der Waals surface area contributed by atoms with E-state index in [1.165, 1.54) is 6.42 Å². The van der Waals surface area contributed by atoms with E-state index in [9.17, 15) is 5.11 Å². The number of ether oxygens (including phenoxy) is 1. The summed E-state index contributed by atoms with van der Waals surface area (Å²) < 4.78 is 5.77. The van der Waals surface area contributed by atoms with Gasteiger partial charge in [0.05, 0.1) is 11.7 Å². The minimum Gasteiger partial charge on any atom is -0.491 e. The van der Waals surface area contributed by atoms with Crippen LogP contribution >= 0.6 is 0 Å². The lowest BCUT2D eigenvalue weighted by Crippen LogP contribution is -2.25. The van der Waals surface area contributed by atoms with Gasteiger partial charge in [-0.05, 0) is 69.1 Å². The Bertz CT molecular complexity index is 453. The lowest BCUT2D eigenvalue weighted by atomic mass is 9.84. The molecule has 1 saturated carbocycles. The van der Waals surface area contributed by atoms with Crippen molar-refractivity contribution < 1.29 is 9.84 Å². The summed E-state index contributed by atoms with van der Waals surface area (Å²) in [5.74, 6) is 2.32. The second kappa shape index (κ2) is 6.83. The van der Waals surface area contributed by atoms with E-state index in [1.807, 2.05) is 38.1 Å². The van der Waals surface area contributed by atoms with Gasteiger partial charge in [-0.2, -0.15) is 0 Å². The van der Waals surface area contributed by atoms with E-state index in [0.29, 0.717) is 5.92 Å². The molecular weight excluding hydrogens is 260 g/mol. The number of rotatable bonds is 4. The Labute approximate surface area is 129 Å². The van der Waals surface area contributed by atoms with Crippen molar-refractivity contribution in [3.63, 3.8) is 0 Å². The zero-order valence-corrected chi connectivity index (χ0v) is 13.9. The molecule has 0 aliphatic heterocycles. The summed E-state index contributed by atoms with van der Waals surface area (Å²) in [6.45, 7) is 8.65. The highest BCUT2D eigenvalue weighted by Crippen LogP contribution is 2.40. The number of hydrogen-bond acceptors (Lipinski definition) is 2. The maximum atomic E-state index is 11.1. The van der Waals surface area contributed by atoms with Crippen molar-refractivity contribution in [3.05, 3.63) is 29.8 Å². The molecule has 1 N–H and O–H groups in total. The first-order valence-corrected chi connectivity index (χ1v) is 8.40. The lowest BCUT2D eigenvalue weighted by molar-refractivity contribution is 0.0188. The smallest absolute Gasteiger partial charge is 0.120 e. The van der Waals surface area contributed by atoms with Crippen molar-refractivity contribution >= 4 is 0 Å². The zero-order chi connectivity index (χ0) is 15.5. The van der Waals surface area contributed by atoms with Gasteiger partial charge in [0.2, 0.25) is 0 Å². The molecule has 0 aromatic heterocycles. The van der Waals surface area contributed by atoms with E-state index >= 15 is 0 Å². The van der Waals surface area contributed by atoms with Gasteiger partial charge in [0, 0.05) is 0 Å². The van der Waals surface area contributed by atoms with Gasteiger partial charge in [0.15, 0.2) is 0 Å². The van der Waals surface area contributed by atoms with Crippen LogP contribution < -0.4 is 4.74 Å². The maximum Gasteiger partial charge on any atom is 0.120 e. The Morgan fingerprint density at radius 1 is 1.14 bits per heavy atom. The first kappa shape index (κ1) is 16.4. The molecular formula is C19H30O2. The largest absolute Gasteiger partial charge is 0.491 e. The second-order valence-electron chi connectivity index (χ2n) is 7.16. The standard InChI is InChI=1S/C19H30O2/c1-14(2)16-7-6-11-19(20,12-10-16)17-8-5-9-18(13-17)21-15(3)4/h5,8-9,13-16,20H,6-7,10-12H2,1-4H3. The summed E-state index contributed by atoms with van der Waals surface area (Å²) >= 11 is 0. The molecule has 2 heteroatoms. The van der Waals surface area contributed by atoms with Crippen LogP contribution in [0.15, 0.2) is 24.3 Å². The van der Waals surface area contributed by atoms with Crippen molar-refractivity contribution in [1.29, 1.82) is 0 Å². The summed E-state index contributed by atoms with van der Waals surface area (Å²) in [4.78, 5) is 0. The second-order valence-corrected chi connectivity index (χ2v) is 7.16. The fourth-order valence-corrected chi connectivity index (χ4v) is 3.44. The highest BCUT2D eigenvalue weighted by atomic mass is 16.5. The molecule has 2 atom stereocenters. The third kappa shape index (κ3) is 4.23. The topological polar surface area (TPSA) is 29.5 Å². The third-order valence-electron chi connectivity index (χ3n) is 4.78. The molecule has 21 heavy (non-hydrogen) atoms. The lowest BCUT2D eigenvalue weighted by Gasteiger charge is -2.28. The Morgan fingerprint density at radius 3 is 2.57 bits per heavy atom. The number of benzene rings is 1. The zero-order valence-electron chi connectivity index (χ0n) is 13.9. The molecule has 1 aromatic carbocycles. The van der Waals surface area contributed by atoms with E-state index in [4.69, 9.17) is 4.74 Å². The highest BCUT2D eigenvalue weighted by molar-refractivity contribution is 5.32. The predicted molar refractivity (Wildman–Crippen MR) is 87.5 cm³/mol. The first-order chi connectivity index (χ1) is 9.90. The molecule has 1 aliphatic carbocycles. The fraction of sp³-hybridized carbons (Fsp3) is 0.684. The molecule has 0 heterocycles. The molecule has 0 amide bonds. The van der Waals surface area contributed by atoms with Crippen LogP contribution in [0.5, 0.6) is 5.75 Å². The van der Waals surface area contributed by atoms with E-state index < -0.39 is 5.60 Å². The molecule has 0 spiro atoms. The SMILES string of the molecule is CC(C)Oc1cccc(C2(O)CCCC(C(C)C)CC2)c1. The summed E-state index contributed by atoms with van der Waals surface area (Å²) in [5.41, 5.74) is 0.338. The van der Waals surface area contributed by atoms with Crippen LogP contribution in [0.1, 0.15) is 65.4 Å². The van der Waals surface area contributed by atoms with Gasteiger partial charge >= 0.3 is 0 Å². The van der Waals surface area contributed by atoms with Crippen molar-refractivity contribution in [3.8, 4) is 5.75 Å². The van der Waals surface area contributed by atoms with Crippen LogP contribution in [0.3, 0.4) is 0 Å². The Morgan fingerprint density at radius 2 is 1.90 bits per heavy atom. The highest BCUT2D eigenvalue weighted by Gasteiger charge is 2.33. The van der Waals surface area contributed by atoms with E-state index in [-0.39, 0.29) is 6.10 Å². The van der Waals surface area contributed by atoms with Gasteiger partial charge in [-0.3, -0.25) is 0 Å². The van der Waals surface area contributed by atoms with Gasteiger partial charge in [0.1, 0.15) is 5.75 Å². The molecule has 0 radical (unpaired) electrons. The monoisotopic (exact) mass is 290 g/mol. The molecule has 0 bridgehead atoms. The van der Waals surface area contributed by atoms with Crippen LogP contribution in [0.2, 0.25) is 0 Å². The van der Waals surface area contributed by atoms with Gasteiger partial charge < -0.3 is 9.84 Å². The van der Waals surface area contributed by atoms with Gasteiger partial charge in [-0.25, -0.2) is 0 Å². The summed E-state index contributed by atoms with van der Waals surface area (Å²) in [6, 6.07) is 8.04. The quantitative estimate of drug-likeness (QED) is 0.799. The van der Waals surface area contributed by atoms with Crippen LogP contribution in [0.4, 0.5) is 0 Å². The molecule has 1 fully saturated rings. The van der Waals surface area contributed by atoms with Crippen molar-refractivity contribution in [2.45, 2.75) is 71.5 Å². The van der Waals surface area contributed by atoms with Crippen LogP contribution in [-0.4, -0.2) is 11.2 Å². The average molecular weight is 290 g/mol. The summed E-state index contributed by atoms with van der Waals surface area (Å²) in [5, 5.41) is 11.1. The first-order valence-electron chi connectivity index (χ1n) is 8.40. The summed E-state index contributed by atoms with van der Waals surface area (Å²) in [6.07, 6.45) is 5.34. The molecule has 2 nitrogen and oxygen atoms in total. The third-order valence-corrected chi connectivity index (χ3v) is 4.78. The van der Waals surface area contributed by atoms with Crippen LogP contribution in [0, 0.1) is 11.8 Å². The number of aliphatic hydroxyl groups is 1. The van der Waals surface area contributed by atoms with E-state index in [2.05, 4.69) is 13.8 Å². The van der Waals surface area contributed by atoms with E-state index in [1.54, 1.807) is 0 Å². The van der Waals surface area contributed by atoms with Crippen molar-refractivity contribution in [2.75, 3.05) is 0 Å². The maximum absolute atomic E-state index is 11.1. The van der Waals surface area contributed by atoms with Gasteiger partial charge in [-0.1, -0.05) is 32.4 Å². The minimum absolute atomic E-state index is 0.161. The molecule has 1 aliphatic rings. The molecule has 0 saturated heterocycles. The predicted octanol–water partition coefficient (Wildman–Crippen LogP) is 4.90. The minimum atomic E-state index is -0.681. The normalized spacial score (nSPS) is 26.9. The molecule has 118 valence electrons. The Balaban J connectivity index is 2.15. The van der Waals surface area contributed by atoms with Crippen LogP contribution in [-0.2, 0) is 5.60 Å². The van der Waals surface area contributed by atoms with Crippen LogP contribution in [0.25, 0.3) is 0 Å². The molecule has 2 rings (SSSR count). The van der Waals surface area contributed by atoms with Crippen molar-refractivity contribution in [2.24, 2.45) is 11.8 Å². The molecule has 2 unspecified atom stereocenters. The van der Waals surface area contributed by atoms with Gasteiger partial charge in [-0.15, -0.1) is 0 Å². The molecule has 1 aromatic rings. The summed E-state index contributed by atoms with van der Waals surface area (Å²) in [7, 11) is 0. The van der Waals surface area contributed by atoms with Crippen molar-refractivity contribution in [1.82, 2.24) is 0 Å².